The van der Waals surface area contributed by atoms with Crippen LogP contribution >= 0.6 is 0 Å². The number of hydrogen-bond acceptors (Lipinski definition) is 2. The summed E-state index contributed by atoms with van der Waals surface area (Å²) in [6, 6.07) is 7.71. The zero-order valence-corrected chi connectivity index (χ0v) is 12.4. The van der Waals surface area contributed by atoms with Gasteiger partial charge in [-0.3, -0.25) is 4.79 Å². The summed E-state index contributed by atoms with van der Waals surface area (Å²) in [5.41, 5.74) is 10.1. The molecule has 20 heavy (non-hydrogen) atoms. The lowest BCUT2D eigenvalue weighted by Gasteiger charge is -2.19. The molecule has 5 nitrogen and oxygen atoms in total. The highest BCUT2D eigenvalue weighted by Gasteiger charge is 2.14. The van der Waals surface area contributed by atoms with Crippen LogP contribution in [0.15, 0.2) is 29.4 Å². The normalized spacial score (nSPS) is 10.8. The summed E-state index contributed by atoms with van der Waals surface area (Å²) in [6.07, 6.45) is 1.60. The number of unbranched alkanes of at least 4 members (excludes halogenated alkanes) is 1. The molecule has 1 aromatic rings. The van der Waals surface area contributed by atoms with Crippen LogP contribution in [0, 0.1) is 0 Å². The van der Waals surface area contributed by atoms with Crippen molar-refractivity contribution >= 4 is 5.91 Å². The number of amides is 1. The maximum atomic E-state index is 11.9. The number of carbonyl (C=O) groups excluding carboxylic acids is 1. The Bertz CT molecular complexity index is 482. The van der Waals surface area contributed by atoms with Gasteiger partial charge in [0.15, 0.2) is 0 Å². The number of nitrogens with one attached hydrogen (secondary N) is 1. The van der Waals surface area contributed by atoms with E-state index in [2.05, 4.69) is 36.1 Å². The van der Waals surface area contributed by atoms with E-state index in [1.54, 1.807) is 0 Å². The Morgan fingerprint density at radius 2 is 1.90 bits per heavy atom. The third-order valence-corrected chi connectivity index (χ3v) is 3.05. The molecular weight excluding hydrogens is 252 g/mol. The SMILES string of the molecule is CC(C)(C)c1ccc(C(=O)NCCCCN=[N+]=[N-])cc1. The second kappa shape index (κ2) is 7.56. The molecule has 0 aliphatic heterocycles. The van der Waals surface area contributed by atoms with Crippen LogP contribution in [-0.4, -0.2) is 19.0 Å². The highest BCUT2D eigenvalue weighted by molar-refractivity contribution is 5.94. The highest BCUT2D eigenvalue weighted by Crippen LogP contribution is 2.22. The molecule has 0 bridgehead atoms. The van der Waals surface area contributed by atoms with Crippen molar-refractivity contribution in [2.45, 2.75) is 39.0 Å². The molecule has 0 unspecified atom stereocenters. The van der Waals surface area contributed by atoms with Crippen molar-refractivity contribution in [3.8, 4) is 0 Å². The predicted octanol–water partition coefficient (Wildman–Crippen LogP) is 3.80. The first-order chi connectivity index (χ1) is 9.45. The first kappa shape index (κ1) is 16.1. The minimum absolute atomic E-state index is 0.0609. The quantitative estimate of drug-likeness (QED) is 0.364. The molecule has 1 rings (SSSR count). The van der Waals surface area contributed by atoms with Crippen molar-refractivity contribution in [1.82, 2.24) is 5.32 Å². The van der Waals surface area contributed by atoms with Crippen molar-refractivity contribution in [2.24, 2.45) is 5.11 Å². The largest absolute Gasteiger partial charge is 0.352 e. The molecule has 0 saturated heterocycles. The number of rotatable bonds is 6. The van der Waals surface area contributed by atoms with Gasteiger partial charge in [0.25, 0.3) is 5.91 Å². The topological polar surface area (TPSA) is 77.9 Å². The lowest BCUT2D eigenvalue weighted by atomic mass is 9.87. The highest BCUT2D eigenvalue weighted by atomic mass is 16.1. The number of benzene rings is 1. The minimum atomic E-state index is -0.0609. The Hall–Kier alpha value is -2.00. The average molecular weight is 274 g/mol. The molecule has 0 aliphatic carbocycles. The fourth-order valence-electron chi connectivity index (χ4n) is 1.78. The van der Waals surface area contributed by atoms with Gasteiger partial charge in [-0.1, -0.05) is 38.0 Å². The molecule has 0 aliphatic rings. The standard InChI is InChI=1S/C15H22N4O/c1-15(2,3)13-8-6-12(7-9-13)14(20)17-10-4-5-11-18-19-16/h6-9H,4-5,10-11H2,1-3H3,(H,17,20). The van der Waals surface area contributed by atoms with Gasteiger partial charge in [-0.05, 0) is 41.5 Å². The van der Waals surface area contributed by atoms with E-state index in [1.165, 1.54) is 5.56 Å². The maximum Gasteiger partial charge on any atom is 0.251 e. The Morgan fingerprint density at radius 3 is 2.45 bits per heavy atom. The van der Waals surface area contributed by atoms with E-state index in [1.807, 2.05) is 24.3 Å². The van der Waals surface area contributed by atoms with Crippen LogP contribution in [-0.2, 0) is 5.41 Å². The van der Waals surface area contributed by atoms with Crippen LogP contribution < -0.4 is 5.32 Å². The summed E-state index contributed by atoms with van der Waals surface area (Å²) in [4.78, 5) is 14.6. The van der Waals surface area contributed by atoms with Gasteiger partial charge in [0.05, 0.1) is 0 Å². The van der Waals surface area contributed by atoms with Crippen molar-refractivity contribution in [1.29, 1.82) is 0 Å². The fraction of sp³-hybridized carbons (Fsp3) is 0.533. The van der Waals surface area contributed by atoms with Crippen LogP contribution in [0.3, 0.4) is 0 Å². The Balaban J connectivity index is 2.42. The Morgan fingerprint density at radius 1 is 1.25 bits per heavy atom. The Kier molecular flexibility index (Phi) is 6.07. The monoisotopic (exact) mass is 274 g/mol. The molecule has 0 atom stereocenters. The van der Waals surface area contributed by atoms with E-state index in [0.29, 0.717) is 18.7 Å². The molecule has 0 radical (unpaired) electrons. The van der Waals surface area contributed by atoms with Gasteiger partial charge >= 0.3 is 0 Å². The van der Waals surface area contributed by atoms with Gasteiger partial charge in [0, 0.05) is 23.6 Å². The lowest BCUT2D eigenvalue weighted by Crippen LogP contribution is -2.24. The number of carbonyl (C=O) groups is 1. The number of hydrogen-bond donors (Lipinski definition) is 1. The molecule has 0 spiro atoms. The van der Waals surface area contributed by atoms with E-state index >= 15 is 0 Å². The first-order valence-corrected chi connectivity index (χ1v) is 6.85. The molecular formula is C15H22N4O. The van der Waals surface area contributed by atoms with E-state index in [4.69, 9.17) is 5.53 Å². The zero-order chi connectivity index (χ0) is 15.0. The average Bonchev–Trinajstić information content (AvgIpc) is 2.41. The third kappa shape index (κ3) is 5.33. The van der Waals surface area contributed by atoms with Crippen molar-refractivity contribution in [3.05, 3.63) is 45.8 Å². The van der Waals surface area contributed by atoms with E-state index in [-0.39, 0.29) is 11.3 Å². The molecule has 0 saturated carbocycles. The minimum Gasteiger partial charge on any atom is -0.352 e. The van der Waals surface area contributed by atoms with Gasteiger partial charge in [0.1, 0.15) is 0 Å². The molecule has 1 N–H and O–H groups in total. The van der Waals surface area contributed by atoms with Crippen molar-refractivity contribution < 1.29 is 4.79 Å². The van der Waals surface area contributed by atoms with Crippen LogP contribution in [0.5, 0.6) is 0 Å². The summed E-state index contributed by atoms with van der Waals surface area (Å²) in [5.74, 6) is -0.0609. The van der Waals surface area contributed by atoms with Gasteiger partial charge < -0.3 is 5.32 Å². The second-order valence-electron chi connectivity index (χ2n) is 5.74. The van der Waals surface area contributed by atoms with Gasteiger partial charge in [-0.2, -0.15) is 0 Å². The smallest absolute Gasteiger partial charge is 0.251 e. The summed E-state index contributed by atoms with van der Waals surface area (Å²) < 4.78 is 0. The number of nitrogens with zero attached hydrogens (tertiary/aromatic N) is 3. The summed E-state index contributed by atoms with van der Waals surface area (Å²) >= 11 is 0. The van der Waals surface area contributed by atoms with Crippen molar-refractivity contribution in [2.75, 3.05) is 13.1 Å². The molecule has 1 aromatic carbocycles. The van der Waals surface area contributed by atoms with E-state index in [9.17, 15) is 4.79 Å². The predicted molar refractivity (Wildman–Crippen MR) is 80.7 cm³/mol. The van der Waals surface area contributed by atoms with Gasteiger partial charge in [-0.25, -0.2) is 0 Å². The molecule has 108 valence electrons. The summed E-state index contributed by atoms with van der Waals surface area (Å²) in [5, 5.41) is 6.31. The summed E-state index contributed by atoms with van der Waals surface area (Å²) in [7, 11) is 0. The zero-order valence-electron chi connectivity index (χ0n) is 12.4. The molecule has 5 heteroatoms. The molecule has 0 heterocycles. The fourth-order valence-corrected chi connectivity index (χ4v) is 1.78. The lowest BCUT2D eigenvalue weighted by molar-refractivity contribution is 0.0953. The van der Waals surface area contributed by atoms with Crippen molar-refractivity contribution in [3.63, 3.8) is 0 Å². The first-order valence-electron chi connectivity index (χ1n) is 6.85. The number of azide groups is 1. The summed E-state index contributed by atoms with van der Waals surface area (Å²) in [6.45, 7) is 7.51. The molecule has 0 fully saturated rings. The Labute approximate surface area is 120 Å². The van der Waals surface area contributed by atoms with Crippen LogP contribution in [0.2, 0.25) is 0 Å². The van der Waals surface area contributed by atoms with E-state index in [0.717, 1.165) is 12.8 Å². The third-order valence-electron chi connectivity index (χ3n) is 3.05. The molecule has 0 aromatic heterocycles. The van der Waals surface area contributed by atoms with Crippen LogP contribution in [0.4, 0.5) is 0 Å². The van der Waals surface area contributed by atoms with Gasteiger partial charge in [-0.15, -0.1) is 0 Å². The van der Waals surface area contributed by atoms with Crippen LogP contribution in [0.25, 0.3) is 10.4 Å². The molecule has 1 amide bonds. The second-order valence-corrected chi connectivity index (χ2v) is 5.74. The van der Waals surface area contributed by atoms with E-state index < -0.39 is 0 Å². The maximum absolute atomic E-state index is 11.9. The van der Waals surface area contributed by atoms with Gasteiger partial charge in [0.2, 0.25) is 0 Å². The van der Waals surface area contributed by atoms with Crippen LogP contribution in [0.1, 0.15) is 49.5 Å².